The van der Waals surface area contributed by atoms with Gasteiger partial charge in [-0.2, -0.15) is 0 Å². The van der Waals surface area contributed by atoms with Crippen LogP contribution in [0.4, 0.5) is 0 Å². The van der Waals surface area contributed by atoms with E-state index in [9.17, 15) is 9.59 Å². The Morgan fingerprint density at radius 2 is 1.88 bits per heavy atom. The van der Waals surface area contributed by atoms with Gasteiger partial charge in [-0.3, -0.25) is 14.5 Å². The van der Waals surface area contributed by atoms with Crippen molar-refractivity contribution in [2.45, 2.75) is 39.2 Å². The van der Waals surface area contributed by atoms with Crippen LogP contribution in [0.2, 0.25) is 0 Å². The lowest BCUT2D eigenvalue weighted by Gasteiger charge is -2.32. The maximum Gasteiger partial charge on any atom is 0.223 e. The zero-order valence-corrected chi connectivity index (χ0v) is 15.4. The Hall–Kier alpha value is -1.72. The minimum atomic E-state index is 0.0763. The van der Waals surface area contributed by atoms with Gasteiger partial charge in [0.1, 0.15) is 0 Å². The van der Waals surface area contributed by atoms with Crippen molar-refractivity contribution in [3.8, 4) is 0 Å². The Kier molecular flexibility index (Phi) is 5.86. The molecular weight excluding hydrogens is 314 g/mol. The second-order valence-electron chi connectivity index (χ2n) is 7.31. The predicted molar refractivity (Wildman–Crippen MR) is 98.9 cm³/mol. The number of carbonyl (C=O) groups excluding carboxylic acids is 2. The maximum atomic E-state index is 12.5. The number of piperazine rings is 1. The van der Waals surface area contributed by atoms with Crippen molar-refractivity contribution in [3.63, 3.8) is 0 Å². The van der Waals surface area contributed by atoms with E-state index >= 15 is 0 Å². The smallest absolute Gasteiger partial charge is 0.223 e. The van der Waals surface area contributed by atoms with Crippen molar-refractivity contribution < 1.29 is 9.59 Å². The number of aryl methyl sites for hydroxylation is 2. The van der Waals surface area contributed by atoms with Crippen LogP contribution >= 0.6 is 0 Å². The van der Waals surface area contributed by atoms with Crippen molar-refractivity contribution in [2.24, 2.45) is 0 Å². The van der Waals surface area contributed by atoms with E-state index in [4.69, 9.17) is 0 Å². The molecule has 0 aromatic heterocycles. The molecule has 0 aliphatic carbocycles. The topological polar surface area (TPSA) is 52.7 Å². The fraction of sp³-hybridized carbons (Fsp3) is 0.600. The number of nitrogens with zero attached hydrogens (tertiary/aromatic N) is 2. The van der Waals surface area contributed by atoms with Crippen LogP contribution in [0.25, 0.3) is 0 Å². The number of nitrogens with one attached hydrogen (secondary N) is 1. The van der Waals surface area contributed by atoms with Crippen LogP contribution in [0.5, 0.6) is 0 Å². The molecule has 1 atom stereocenters. The largest absolute Gasteiger partial charge is 0.341 e. The minimum Gasteiger partial charge on any atom is -0.341 e. The van der Waals surface area contributed by atoms with E-state index in [-0.39, 0.29) is 11.7 Å². The van der Waals surface area contributed by atoms with Gasteiger partial charge in [0.05, 0.1) is 0 Å². The second kappa shape index (κ2) is 8.11. The number of ketones is 1. The van der Waals surface area contributed by atoms with Crippen molar-refractivity contribution in [2.75, 3.05) is 39.3 Å². The molecule has 0 spiro atoms. The first-order valence-electron chi connectivity index (χ1n) is 9.37. The van der Waals surface area contributed by atoms with E-state index in [1.807, 2.05) is 36.9 Å². The zero-order chi connectivity index (χ0) is 17.8. The van der Waals surface area contributed by atoms with Crippen LogP contribution in [0.1, 0.15) is 40.7 Å². The SMILES string of the molecule is Cc1ccc(C)c(C(=O)CCC(=O)N2CCC(N3CCNCC3)C2)c1. The number of amides is 1. The highest BCUT2D eigenvalue weighted by Gasteiger charge is 2.30. The van der Waals surface area contributed by atoms with Crippen LogP contribution in [0.3, 0.4) is 0 Å². The standard InChI is InChI=1S/C20H29N3O2/c1-15-3-4-16(2)18(13-15)19(24)5-6-20(25)23-10-7-17(14-23)22-11-8-21-9-12-22/h3-4,13,17,21H,5-12,14H2,1-2H3. The maximum absolute atomic E-state index is 12.5. The van der Waals surface area contributed by atoms with Gasteiger partial charge in [0.15, 0.2) is 5.78 Å². The number of rotatable bonds is 5. The molecule has 1 N–H and O–H groups in total. The first-order chi connectivity index (χ1) is 12.0. The molecule has 3 rings (SSSR count). The fourth-order valence-corrected chi connectivity index (χ4v) is 3.86. The van der Waals surface area contributed by atoms with Crippen molar-refractivity contribution in [1.29, 1.82) is 0 Å². The molecule has 1 amide bonds. The average Bonchev–Trinajstić information content (AvgIpc) is 3.12. The van der Waals surface area contributed by atoms with Crippen LogP contribution < -0.4 is 5.32 Å². The zero-order valence-electron chi connectivity index (χ0n) is 15.4. The average molecular weight is 343 g/mol. The third-order valence-corrected chi connectivity index (χ3v) is 5.44. The van der Waals surface area contributed by atoms with Crippen molar-refractivity contribution in [3.05, 3.63) is 34.9 Å². The number of hydrogen-bond acceptors (Lipinski definition) is 4. The number of carbonyl (C=O) groups is 2. The molecule has 1 aromatic carbocycles. The van der Waals surface area contributed by atoms with E-state index in [0.29, 0.717) is 18.9 Å². The Morgan fingerprint density at radius 1 is 1.12 bits per heavy atom. The summed E-state index contributed by atoms with van der Waals surface area (Å²) in [6.07, 6.45) is 1.68. The van der Waals surface area contributed by atoms with Gasteiger partial charge in [0, 0.05) is 63.7 Å². The summed E-state index contributed by atoms with van der Waals surface area (Å²) in [5, 5.41) is 3.37. The molecule has 2 saturated heterocycles. The van der Waals surface area contributed by atoms with E-state index in [0.717, 1.165) is 62.4 Å². The molecule has 2 aliphatic heterocycles. The first kappa shape index (κ1) is 18.1. The van der Waals surface area contributed by atoms with Gasteiger partial charge < -0.3 is 10.2 Å². The number of likely N-dealkylation sites (tertiary alicyclic amines) is 1. The molecule has 25 heavy (non-hydrogen) atoms. The van der Waals surface area contributed by atoms with Crippen LogP contribution in [-0.2, 0) is 4.79 Å². The first-order valence-corrected chi connectivity index (χ1v) is 9.37. The Bertz CT molecular complexity index is 638. The van der Waals surface area contributed by atoms with Crippen LogP contribution in [0, 0.1) is 13.8 Å². The highest BCUT2D eigenvalue weighted by Crippen LogP contribution is 2.19. The highest BCUT2D eigenvalue weighted by molar-refractivity contribution is 5.99. The van der Waals surface area contributed by atoms with Crippen LogP contribution in [0.15, 0.2) is 18.2 Å². The van der Waals surface area contributed by atoms with Crippen LogP contribution in [-0.4, -0.2) is 66.8 Å². The van der Waals surface area contributed by atoms with E-state index in [1.54, 1.807) is 0 Å². The van der Waals surface area contributed by atoms with Gasteiger partial charge in [0.2, 0.25) is 5.91 Å². The third-order valence-electron chi connectivity index (χ3n) is 5.44. The Labute approximate surface area is 150 Å². The molecule has 1 aromatic rings. The summed E-state index contributed by atoms with van der Waals surface area (Å²) in [5.74, 6) is 0.198. The minimum absolute atomic E-state index is 0.0763. The normalized spacial score (nSPS) is 21.5. The summed E-state index contributed by atoms with van der Waals surface area (Å²) in [4.78, 5) is 29.4. The molecule has 5 heteroatoms. The lowest BCUT2D eigenvalue weighted by Crippen LogP contribution is -2.49. The lowest BCUT2D eigenvalue weighted by molar-refractivity contribution is -0.130. The van der Waals surface area contributed by atoms with Gasteiger partial charge in [-0.15, -0.1) is 0 Å². The summed E-state index contributed by atoms with van der Waals surface area (Å²) in [7, 11) is 0. The van der Waals surface area contributed by atoms with Gasteiger partial charge in [-0.05, 0) is 31.9 Å². The van der Waals surface area contributed by atoms with Gasteiger partial charge in [0.25, 0.3) is 0 Å². The number of Topliss-reactive ketones (excluding diaryl/α,β-unsaturated/α-hetero) is 1. The molecular formula is C20H29N3O2. The van der Waals surface area contributed by atoms with Crippen molar-refractivity contribution >= 4 is 11.7 Å². The molecule has 0 bridgehead atoms. The second-order valence-corrected chi connectivity index (χ2v) is 7.31. The van der Waals surface area contributed by atoms with Gasteiger partial charge in [-0.25, -0.2) is 0 Å². The Balaban J connectivity index is 1.49. The van der Waals surface area contributed by atoms with Gasteiger partial charge >= 0.3 is 0 Å². The molecule has 136 valence electrons. The predicted octanol–water partition coefficient (Wildman–Crippen LogP) is 1.77. The summed E-state index contributed by atoms with van der Waals surface area (Å²) in [5.41, 5.74) is 2.83. The van der Waals surface area contributed by atoms with E-state index in [2.05, 4.69) is 10.2 Å². The molecule has 0 radical (unpaired) electrons. The molecule has 5 nitrogen and oxygen atoms in total. The summed E-state index contributed by atoms with van der Waals surface area (Å²) in [6.45, 7) is 9.79. The molecule has 2 heterocycles. The van der Waals surface area contributed by atoms with Gasteiger partial charge in [-0.1, -0.05) is 17.7 Å². The quantitative estimate of drug-likeness (QED) is 0.828. The summed E-state index contributed by atoms with van der Waals surface area (Å²) < 4.78 is 0. The van der Waals surface area contributed by atoms with E-state index < -0.39 is 0 Å². The Morgan fingerprint density at radius 3 is 2.64 bits per heavy atom. The monoisotopic (exact) mass is 343 g/mol. The number of hydrogen-bond donors (Lipinski definition) is 1. The highest BCUT2D eigenvalue weighted by atomic mass is 16.2. The molecule has 2 fully saturated rings. The van der Waals surface area contributed by atoms with Crippen molar-refractivity contribution in [1.82, 2.24) is 15.1 Å². The summed E-state index contributed by atoms with van der Waals surface area (Å²) in [6, 6.07) is 6.40. The molecule has 2 aliphatic rings. The summed E-state index contributed by atoms with van der Waals surface area (Å²) >= 11 is 0. The molecule has 0 saturated carbocycles. The third kappa shape index (κ3) is 4.47. The number of benzene rings is 1. The molecule has 1 unspecified atom stereocenters. The fourth-order valence-electron chi connectivity index (χ4n) is 3.86. The van der Waals surface area contributed by atoms with E-state index in [1.165, 1.54) is 0 Å². The lowest BCUT2D eigenvalue weighted by atomic mass is 9.99.